The minimum atomic E-state index is 0.139. The summed E-state index contributed by atoms with van der Waals surface area (Å²) in [6.45, 7) is 13.7. The fourth-order valence-corrected chi connectivity index (χ4v) is 3.11. The summed E-state index contributed by atoms with van der Waals surface area (Å²) < 4.78 is 0. The summed E-state index contributed by atoms with van der Waals surface area (Å²) in [6.07, 6.45) is 0. The topological polar surface area (TPSA) is 0 Å². The zero-order valence-corrected chi connectivity index (χ0v) is 15.8. The molecule has 3 aromatic rings. The monoisotopic (exact) mass is 316 g/mol. The van der Waals surface area contributed by atoms with Crippen LogP contribution in [0.25, 0.3) is 21.9 Å². The molecule has 0 fully saturated rings. The number of hydrogen-bond acceptors (Lipinski definition) is 0. The highest BCUT2D eigenvalue weighted by Gasteiger charge is 2.19. The van der Waals surface area contributed by atoms with E-state index in [2.05, 4.69) is 102 Å². The SMILES string of the molecule is CC(C)(C)c1cc(-c2ccccc2)c2cc(C(C)(C)C)ccc2c1. The lowest BCUT2D eigenvalue weighted by atomic mass is 9.81. The van der Waals surface area contributed by atoms with E-state index < -0.39 is 0 Å². The van der Waals surface area contributed by atoms with Crippen molar-refractivity contribution >= 4 is 10.8 Å². The van der Waals surface area contributed by atoms with Gasteiger partial charge in [0.15, 0.2) is 0 Å². The van der Waals surface area contributed by atoms with Crippen LogP contribution in [-0.2, 0) is 10.8 Å². The van der Waals surface area contributed by atoms with Crippen LogP contribution >= 0.6 is 0 Å². The fraction of sp³-hybridized carbons (Fsp3) is 0.333. The van der Waals surface area contributed by atoms with Crippen molar-refractivity contribution < 1.29 is 0 Å². The van der Waals surface area contributed by atoms with Crippen LogP contribution in [-0.4, -0.2) is 0 Å². The average molecular weight is 316 g/mol. The Kier molecular flexibility index (Phi) is 4.03. The van der Waals surface area contributed by atoms with E-state index in [4.69, 9.17) is 0 Å². The smallest absolute Gasteiger partial charge is 0.0102 e. The Bertz CT molecular complexity index is 856. The minimum Gasteiger partial charge on any atom is -0.0622 e. The van der Waals surface area contributed by atoms with E-state index in [1.807, 2.05) is 0 Å². The van der Waals surface area contributed by atoms with Gasteiger partial charge in [-0.2, -0.15) is 0 Å². The van der Waals surface area contributed by atoms with Gasteiger partial charge in [0.1, 0.15) is 0 Å². The molecule has 0 N–H and O–H groups in total. The lowest BCUT2D eigenvalue weighted by Crippen LogP contribution is -2.12. The van der Waals surface area contributed by atoms with Gasteiger partial charge in [0, 0.05) is 0 Å². The van der Waals surface area contributed by atoms with Crippen LogP contribution in [0.15, 0.2) is 60.7 Å². The van der Waals surface area contributed by atoms with Crippen LogP contribution in [0.3, 0.4) is 0 Å². The lowest BCUT2D eigenvalue weighted by molar-refractivity contribution is 0.589. The molecular formula is C24H28. The van der Waals surface area contributed by atoms with E-state index in [1.165, 1.54) is 33.0 Å². The van der Waals surface area contributed by atoms with Gasteiger partial charge >= 0.3 is 0 Å². The van der Waals surface area contributed by atoms with Gasteiger partial charge in [0.25, 0.3) is 0 Å². The third-order valence-corrected chi connectivity index (χ3v) is 4.77. The van der Waals surface area contributed by atoms with Crippen molar-refractivity contribution in [3.05, 3.63) is 71.8 Å². The molecule has 0 nitrogen and oxygen atoms in total. The second-order valence-electron chi connectivity index (χ2n) is 8.83. The molecule has 0 atom stereocenters. The van der Waals surface area contributed by atoms with Crippen LogP contribution in [0, 0.1) is 0 Å². The van der Waals surface area contributed by atoms with E-state index in [0.717, 1.165) is 0 Å². The minimum absolute atomic E-state index is 0.139. The summed E-state index contributed by atoms with van der Waals surface area (Å²) in [7, 11) is 0. The van der Waals surface area contributed by atoms with Gasteiger partial charge in [0.05, 0.1) is 0 Å². The molecule has 0 spiro atoms. The second kappa shape index (κ2) is 5.77. The van der Waals surface area contributed by atoms with Gasteiger partial charge in [-0.3, -0.25) is 0 Å². The molecule has 3 rings (SSSR count). The predicted octanol–water partition coefficient (Wildman–Crippen LogP) is 7.10. The van der Waals surface area contributed by atoms with Crippen molar-refractivity contribution in [2.45, 2.75) is 52.4 Å². The lowest BCUT2D eigenvalue weighted by Gasteiger charge is -2.24. The molecule has 3 aromatic carbocycles. The highest BCUT2D eigenvalue weighted by Crippen LogP contribution is 2.36. The Balaban J connectivity index is 2.35. The molecule has 0 heteroatoms. The first-order valence-electron chi connectivity index (χ1n) is 8.80. The summed E-state index contributed by atoms with van der Waals surface area (Å²) in [5.74, 6) is 0. The van der Waals surface area contributed by atoms with E-state index >= 15 is 0 Å². The van der Waals surface area contributed by atoms with Gasteiger partial charge in [-0.15, -0.1) is 0 Å². The normalized spacial score (nSPS) is 12.6. The maximum atomic E-state index is 2.38. The summed E-state index contributed by atoms with van der Waals surface area (Å²) in [4.78, 5) is 0. The van der Waals surface area contributed by atoms with Crippen molar-refractivity contribution in [2.24, 2.45) is 0 Å². The van der Waals surface area contributed by atoms with Crippen LogP contribution in [0.5, 0.6) is 0 Å². The summed E-state index contributed by atoms with van der Waals surface area (Å²) in [5, 5.41) is 2.68. The number of fused-ring (bicyclic) bond motifs is 1. The Morgan fingerprint density at radius 1 is 0.583 bits per heavy atom. The van der Waals surface area contributed by atoms with Crippen molar-refractivity contribution in [1.82, 2.24) is 0 Å². The first kappa shape index (κ1) is 16.8. The Morgan fingerprint density at radius 2 is 1.21 bits per heavy atom. The molecule has 0 aliphatic carbocycles. The number of rotatable bonds is 1. The van der Waals surface area contributed by atoms with Crippen LogP contribution in [0.2, 0.25) is 0 Å². The third-order valence-electron chi connectivity index (χ3n) is 4.77. The first-order valence-corrected chi connectivity index (χ1v) is 8.80. The Labute approximate surface area is 146 Å². The van der Waals surface area contributed by atoms with Crippen molar-refractivity contribution in [3.63, 3.8) is 0 Å². The Hall–Kier alpha value is -2.08. The molecule has 0 aromatic heterocycles. The molecule has 0 radical (unpaired) electrons. The molecule has 0 aliphatic heterocycles. The molecule has 0 bridgehead atoms. The van der Waals surface area contributed by atoms with E-state index in [9.17, 15) is 0 Å². The molecule has 0 unspecified atom stereocenters. The highest BCUT2D eigenvalue weighted by molar-refractivity contribution is 5.98. The van der Waals surface area contributed by atoms with Crippen LogP contribution in [0.4, 0.5) is 0 Å². The van der Waals surface area contributed by atoms with Crippen molar-refractivity contribution in [1.29, 1.82) is 0 Å². The zero-order valence-electron chi connectivity index (χ0n) is 15.8. The maximum absolute atomic E-state index is 2.38. The first-order chi connectivity index (χ1) is 11.2. The molecule has 0 aliphatic rings. The van der Waals surface area contributed by atoms with E-state index in [0.29, 0.717) is 0 Å². The largest absolute Gasteiger partial charge is 0.0622 e. The molecule has 24 heavy (non-hydrogen) atoms. The third kappa shape index (κ3) is 3.24. The van der Waals surface area contributed by atoms with Crippen LogP contribution < -0.4 is 0 Å². The highest BCUT2D eigenvalue weighted by atomic mass is 14.2. The van der Waals surface area contributed by atoms with Gasteiger partial charge in [-0.1, -0.05) is 96.1 Å². The zero-order chi connectivity index (χ0) is 17.5. The summed E-state index contributed by atoms with van der Waals surface area (Å²) >= 11 is 0. The van der Waals surface area contributed by atoms with Gasteiger partial charge in [-0.05, 0) is 49.9 Å². The average Bonchev–Trinajstić information content (AvgIpc) is 2.52. The van der Waals surface area contributed by atoms with Crippen molar-refractivity contribution in [2.75, 3.05) is 0 Å². The quantitative estimate of drug-likeness (QED) is 0.449. The molecule has 0 saturated carbocycles. The van der Waals surface area contributed by atoms with Gasteiger partial charge in [0.2, 0.25) is 0 Å². The number of hydrogen-bond donors (Lipinski definition) is 0. The molecular weight excluding hydrogens is 288 g/mol. The standard InChI is InChI=1S/C24H28/c1-23(2,3)19-13-12-18-14-20(24(4,5)6)16-21(22(18)15-19)17-10-8-7-9-11-17/h7-16H,1-6H3. The van der Waals surface area contributed by atoms with Crippen LogP contribution in [0.1, 0.15) is 52.7 Å². The van der Waals surface area contributed by atoms with E-state index in [1.54, 1.807) is 0 Å². The van der Waals surface area contributed by atoms with Gasteiger partial charge in [-0.25, -0.2) is 0 Å². The molecule has 124 valence electrons. The fourth-order valence-electron chi connectivity index (χ4n) is 3.11. The van der Waals surface area contributed by atoms with Gasteiger partial charge < -0.3 is 0 Å². The predicted molar refractivity (Wildman–Crippen MR) is 107 cm³/mol. The molecule has 0 heterocycles. The molecule has 0 amide bonds. The summed E-state index contributed by atoms with van der Waals surface area (Å²) in [5.41, 5.74) is 5.70. The van der Waals surface area contributed by atoms with Crippen molar-refractivity contribution in [3.8, 4) is 11.1 Å². The van der Waals surface area contributed by atoms with E-state index in [-0.39, 0.29) is 10.8 Å². The summed E-state index contributed by atoms with van der Waals surface area (Å²) in [6, 6.07) is 22.4. The maximum Gasteiger partial charge on any atom is -0.0102 e. The molecule has 0 saturated heterocycles. The Morgan fingerprint density at radius 3 is 1.79 bits per heavy atom. The number of benzene rings is 3. The second-order valence-corrected chi connectivity index (χ2v) is 8.83.